The van der Waals surface area contributed by atoms with Crippen molar-refractivity contribution in [3.8, 4) is 11.6 Å². The van der Waals surface area contributed by atoms with Crippen molar-refractivity contribution in [2.45, 2.75) is 50.0 Å². The van der Waals surface area contributed by atoms with E-state index < -0.39 is 49.2 Å². The summed E-state index contributed by atoms with van der Waals surface area (Å²) in [6, 6.07) is 1.44. The Kier molecular flexibility index (Phi) is 6.82. The molecule has 17 heteroatoms. The van der Waals surface area contributed by atoms with Crippen LogP contribution in [0.1, 0.15) is 30.0 Å². The molecule has 0 radical (unpaired) electrons. The summed E-state index contributed by atoms with van der Waals surface area (Å²) in [4.78, 5) is 23.1. The van der Waals surface area contributed by atoms with Gasteiger partial charge in [0.2, 0.25) is 16.4 Å². The number of ether oxygens (including phenoxy) is 2. The van der Waals surface area contributed by atoms with Crippen LogP contribution in [0.2, 0.25) is 0 Å². The van der Waals surface area contributed by atoms with Gasteiger partial charge in [-0.3, -0.25) is 14.3 Å². The Labute approximate surface area is 223 Å². The number of anilines is 1. The second-order valence-electron chi connectivity index (χ2n) is 8.69. The Balaban J connectivity index is 1.33. The number of halogens is 2. The van der Waals surface area contributed by atoms with Gasteiger partial charge in [-0.15, -0.1) is 0 Å². The van der Waals surface area contributed by atoms with Gasteiger partial charge in [-0.05, 0) is 28.9 Å². The minimum atomic E-state index is -3.99. The van der Waals surface area contributed by atoms with Crippen LogP contribution in [0.15, 0.2) is 18.5 Å². The molecule has 2 unspecified atom stereocenters. The van der Waals surface area contributed by atoms with E-state index in [9.17, 15) is 19.6 Å². The summed E-state index contributed by atoms with van der Waals surface area (Å²) >= 11 is 2.89. The molecule has 5 heterocycles. The topological polar surface area (TPSA) is 193 Å². The van der Waals surface area contributed by atoms with Crippen LogP contribution >= 0.6 is 23.7 Å². The highest BCUT2D eigenvalue weighted by atomic mass is 79.9. The molecule has 0 aromatic carbocycles. The third kappa shape index (κ3) is 4.72. The molecule has 1 saturated heterocycles. The lowest BCUT2D eigenvalue weighted by Crippen LogP contribution is -2.38. The first-order valence-electron chi connectivity index (χ1n) is 11.2. The van der Waals surface area contributed by atoms with E-state index in [1.807, 2.05) is 0 Å². The number of aromatic hydroxyl groups is 1. The number of hydrogen-bond donors (Lipinski definition) is 4. The van der Waals surface area contributed by atoms with Gasteiger partial charge in [-0.25, -0.2) is 14.0 Å². The first-order valence-corrected chi connectivity index (χ1v) is 13.6. The number of rotatable bonds is 6. The van der Waals surface area contributed by atoms with Crippen LogP contribution in [-0.4, -0.2) is 59.1 Å². The van der Waals surface area contributed by atoms with E-state index in [-0.39, 0.29) is 35.9 Å². The number of nitrogens with zero attached hydrogens (tertiary/aromatic N) is 4. The van der Waals surface area contributed by atoms with Gasteiger partial charge in [-0.1, -0.05) is 0 Å². The van der Waals surface area contributed by atoms with Gasteiger partial charge in [0.1, 0.15) is 18.8 Å². The zero-order valence-corrected chi connectivity index (χ0v) is 22.5. The number of carbonyl (C=O) groups excluding carboxylic acids is 1. The molecule has 3 aromatic heterocycles. The first kappa shape index (κ1) is 26.7. The number of alkyl halides is 2. The second kappa shape index (κ2) is 9.70. The first-order chi connectivity index (χ1) is 17.9. The minimum absolute atomic E-state index is 0.0448. The molecule has 5 rings (SSSR count). The molecular formula is C21H23BrFN6O8P. The summed E-state index contributed by atoms with van der Waals surface area (Å²) in [6.45, 7) is 2.41. The maximum Gasteiger partial charge on any atom is 0.459 e. The number of aromatic nitrogens is 4. The smallest absolute Gasteiger partial charge is 0.459 e. The van der Waals surface area contributed by atoms with E-state index in [1.54, 1.807) is 6.92 Å². The number of aryl methyl sites for hydroxylation is 1. The van der Waals surface area contributed by atoms with E-state index in [0.29, 0.717) is 16.8 Å². The van der Waals surface area contributed by atoms with Crippen molar-refractivity contribution in [1.82, 2.24) is 24.6 Å². The summed E-state index contributed by atoms with van der Waals surface area (Å²) in [7, 11) is -3.99. The van der Waals surface area contributed by atoms with Crippen LogP contribution in [0.4, 0.5) is 10.3 Å². The predicted molar refractivity (Wildman–Crippen MR) is 132 cm³/mol. The van der Waals surface area contributed by atoms with Crippen LogP contribution in [0.25, 0.3) is 11.0 Å². The Hall–Kier alpha value is -2.88. The van der Waals surface area contributed by atoms with Gasteiger partial charge in [0.05, 0.1) is 17.7 Å². The molecule has 38 heavy (non-hydrogen) atoms. The lowest BCUT2D eigenvalue weighted by Gasteiger charge is -2.29. The second-order valence-corrected chi connectivity index (χ2v) is 11.7. The Morgan fingerprint density at radius 2 is 2.24 bits per heavy atom. The number of fused-ring (bicyclic) bond motifs is 2. The highest BCUT2D eigenvalue weighted by Crippen LogP contribution is 2.52. The molecule has 0 spiro atoms. The molecule has 5 N–H and O–H groups in total. The number of carbonyl (C=O) groups is 1. The lowest BCUT2D eigenvalue weighted by molar-refractivity contribution is -0.142. The highest BCUT2D eigenvalue weighted by Gasteiger charge is 2.57. The number of aliphatic hydroxyl groups excluding tert-OH is 1. The van der Waals surface area contributed by atoms with Crippen molar-refractivity contribution in [2.75, 3.05) is 12.3 Å². The molecule has 204 valence electrons. The minimum Gasteiger partial charge on any atom is -0.493 e. The molecule has 1 fully saturated rings. The van der Waals surface area contributed by atoms with Gasteiger partial charge in [0.15, 0.2) is 17.6 Å². The molecule has 5 atom stereocenters. The van der Waals surface area contributed by atoms with Crippen molar-refractivity contribution in [2.24, 2.45) is 0 Å². The molecule has 0 aliphatic carbocycles. The van der Waals surface area contributed by atoms with Crippen LogP contribution in [-0.2, 0) is 36.5 Å². The van der Waals surface area contributed by atoms with E-state index in [0.717, 1.165) is 0 Å². The third-order valence-electron chi connectivity index (χ3n) is 6.11. The summed E-state index contributed by atoms with van der Waals surface area (Å²) in [5.74, 6) is -0.906. The Morgan fingerprint density at radius 3 is 2.97 bits per heavy atom. The van der Waals surface area contributed by atoms with Gasteiger partial charge in [0.25, 0.3) is 0 Å². The molecule has 0 amide bonds. The van der Waals surface area contributed by atoms with E-state index in [4.69, 9.17) is 24.3 Å². The standard InChI is InChI=1S/C21H23BrFN6O8P/c1-9-15-13(11(5-25-9)7-34-10(2)30)6-26-38(33,37-15)35-8-14-16(31)21(22,23)19(36-14)29-4-3-12-17(29)27-20(24)28-18(12)32/h3-5,14,16,19,31H,6-8H2,1-2H3,(H,26,33)(H3,24,27,28,32)/t14-,16?,19-,21-,38?/m1/s1. The van der Waals surface area contributed by atoms with Crippen LogP contribution in [0, 0.1) is 6.92 Å². The van der Waals surface area contributed by atoms with Crippen molar-refractivity contribution in [1.29, 1.82) is 0 Å². The quantitative estimate of drug-likeness (QED) is 0.179. The van der Waals surface area contributed by atoms with Crippen molar-refractivity contribution >= 4 is 46.6 Å². The van der Waals surface area contributed by atoms with E-state index >= 15 is 4.39 Å². The fraction of sp³-hybridized carbons (Fsp3) is 0.429. The Morgan fingerprint density at radius 1 is 1.47 bits per heavy atom. The number of hydrogen-bond acceptors (Lipinski definition) is 12. The molecule has 0 bridgehead atoms. The summed E-state index contributed by atoms with van der Waals surface area (Å²) in [5.41, 5.74) is 7.28. The zero-order chi connectivity index (χ0) is 27.4. The maximum absolute atomic E-state index is 15.7. The number of nitrogens with one attached hydrogen (secondary N) is 1. The predicted octanol–water partition coefficient (Wildman–Crippen LogP) is 2.11. The average molecular weight is 617 g/mol. The monoisotopic (exact) mass is 616 g/mol. The van der Waals surface area contributed by atoms with Gasteiger partial charge >= 0.3 is 13.7 Å². The van der Waals surface area contributed by atoms with Crippen LogP contribution < -0.4 is 15.3 Å². The molecule has 2 aliphatic heterocycles. The number of nitrogens with two attached hydrogens (primary N) is 1. The SMILES string of the molecule is CC(=O)OCc1cnc(C)c2c1CNP(=O)(OC[C@H]1O[C@@H](n3ccc4c(O)nc(N)nc43)[C@@](F)(Br)C1O)O2. The number of aliphatic hydroxyl groups is 1. The molecule has 14 nitrogen and oxygen atoms in total. The van der Waals surface area contributed by atoms with E-state index in [2.05, 4.69) is 36.0 Å². The average Bonchev–Trinajstić information content (AvgIpc) is 3.36. The summed E-state index contributed by atoms with van der Waals surface area (Å²) in [6.07, 6.45) is -1.60. The fourth-order valence-corrected chi connectivity index (χ4v) is 6.20. The normalized spacial score (nSPS) is 28.7. The van der Waals surface area contributed by atoms with Crippen molar-refractivity contribution in [3.05, 3.63) is 35.3 Å². The molecular weight excluding hydrogens is 594 g/mol. The lowest BCUT2D eigenvalue weighted by atomic mass is 10.1. The highest BCUT2D eigenvalue weighted by molar-refractivity contribution is 9.10. The third-order valence-corrected chi connectivity index (χ3v) is 8.42. The number of pyridine rings is 1. The fourth-order valence-electron chi connectivity index (χ4n) is 4.20. The largest absolute Gasteiger partial charge is 0.493 e. The maximum atomic E-state index is 15.7. The summed E-state index contributed by atoms with van der Waals surface area (Å²) in [5, 5.41) is 23.6. The van der Waals surface area contributed by atoms with Crippen molar-refractivity contribution < 1.29 is 42.5 Å². The molecule has 0 saturated carbocycles. The number of esters is 1. The summed E-state index contributed by atoms with van der Waals surface area (Å²) < 4.78 is 49.6. The van der Waals surface area contributed by atoms with Crippen molar-refractivity contribution in [3.63, 3.8) is 0 Å². The number of nitrogen functional groups attached to an aromatic ring is 1. The van der Waals surface area contributed by atoms with Gasteiger partial charge in [-0.2, -0.15) is 9.97 Å². The van der Waals surface area contributed by atoms with Gasteiger partial charge in [0, 0.05) is 37.0 Å². The zero-order valence-electron chi connectivity index (χ0n) is 20.0. The Bertz CT molecular complexity index is 1470. The van der Waals surface area contributed by atoms with E-state index in [1.165, 1.54) is 30.0 Å². The molecule has 2 aliphatic rings. The van der Waals surface area contributed by atoms with Gasteiger partial charge < -0.3 is 34.5 Å². The van der Waals surface area contributed by atoms with Crippen LogP contribution in [0.5, 0.6) is 11.6 Å². The van der Waals surface area contributed by atoms with Crippen LogP contribution in [0.3, 0.4) is 0 Å². The molecule has 3 aromatic rings.